The van der Waals surface area contributed by atoms with Crippen LogP contribution < -0.4 is 10.6 Å². The van der Waals surface area contributed by atoms with Crippen molar-refractivity contribution in [3.63, 3.8) is 0 Å². The van der Waals surface area contributed by atoms with Crippen LogP contribution in [-0.2, 0) is 4.74 Å². The lowest BCUT2D eigenvalue weighted by molar-refractivity contribution is 0.0257. The molecule has 2 aliphatic rings. The number of fused-ring (bicyclic) bond motifs is 2. The Morgan fingerprint density at radius 3 is 3.15 bits per heavy atom. The second-order valence-corrected chi connectivity index (χ2v) is 5.71. The maximum Gasteiger partial charge on any atom is 0.0779 e. The molecule has 2 fully saturated rings. The molecule has 1 aromatic heterocycles. The van der Waals surface area contributed by atoms with E-state index in [-0.39, 0.29) is 0 Å². The molecule has 104 valence electrons. The minimum Gasteiger partial charge on any atom is -0.399 e. The average Bonchev–Trinajstić information content (AvgIpc) is 2.94. The molecule has 0 amide bonds. The molecule has 1 saturated heterocycles. The van der Waals surface area contributed by atoms with Gasteiger partial charge in [-0.3, -0.25) is 4.98 Å². The van der Waals surface area contributed by atoms with Crippen molar-refractivity contribution in [3.8, 4) is 0 Å². The van der Waals surface area contributed by atoms with Crippen molar-refractivity contribution in [2.75, 3.05) is 23.8 Å². The Kier molecular flexibility index (Phi) is 2.77. The molecule has 1 aliphatic carbocycles. The fraction of sp³-hybridized carbons (Fsp3) is 0.438. The number of hydrogen-bond donors (Lipinski definition) is 1. The summed E-state index contributed by atoms with van der Waals surface area (Å²) in [4.78, 5) is 6.96. The van der Waals surface area contributed by atoms with Gasteiger partial charge in [0.2, 0.25) is 0 Å². The SMILES string of the molecule is Nc1ccc2c(N3CCOC4CCCC43)ccnc2c1. The van der Waals surface area contributed by atoms with Crippen molar-refractivity contribution >= 4 is 22.3 Å². The molecule has 1 aliphatic heterocycles. The van der Waals surface area contributed by atoms with Gasteiger partial charge >= 0.3 is 0 Å². The van der Waals surface area contributed by atoms with Crippen LogP contribution in [0.25, 0.3) is 10.9 Å². The summed E-state index contributed by atoms with van der Waals surface area (Å²) < 4.78 is 5.91. The first-order valence-corrected chi connectivity index (χ1v) is 7.35. The van der Waals surface area contributed by atoms with Crippen molar-refractivity contribution < 1.29 is 4.74 Å². The highest BCUT2D eigenvalue weighted by Crippen LogP contribution is 2.36. The Labute approximate surface area is 118 Å². The molecule has 20 heavy (non-hydrogen) atoms. The summed E-state index contributed by atoms with van der Waals surface area (Å²) >= 11 is 0. The van der Waals surface area contributed by atoms with Gasteiger partial charge in [-0.05, 0) is 43.5 Å². The van der Waals surface area contributed by atoms with E-state index >= 15 is 0 Å². The fourth-order valence-electron chi connectivity index (χ4n) is 3.63. The predicted octanol–water partition coefficient (Wildman–Crippen LogP) is 2.57. The van der Waals surface area contributed by atoms with E-state index < -0.39 is 0 Å². The Hall–Kier alpha value is -1.81. The van der Waals surface area contributed by atoms with Crippen LogP contribution in [0, 0.1) is 0 Å². The normalized spacial score (nSPS) is 25.9. The Morgan fingerprint density at radius 1 is 1.25 bits per heavy atom. The predicted molar refractivity (Wildman–Crippen MR) is 80.9 cm³/mol. The lowest BCUT2D eigenvalue weighted by atomic mass is 10.1. The zero-order valence-electron chi connectivity index (χ0n) is 11.5. The van der Waals surface area contributed by atoms with E-state index in [1.165, 1.54) is 30.3 Å². The Bertz CT molecular complexity index is 643. The van der Waals surface area contributed by atoms with Gasteiger partial charge < -0.3 is 15.4 Å². The number of anilines is 2. The maximum atomic E-state index is 5.91. The van der Waals surface area contributed by atoms with Gasteiger partial charge in [0.1, 0.15) is 0 Å². The van der Waals surface area contributed by atoms with Gasteiger partial charge in [-0.2, -0.15) is 0 Å². The molecule has 0 spiro atoms. The highest BCUT2D eigenvalue weighted by atomic mass is 16.5. The number of benzene rings is 1. The summed E-state index contributed by atoms with van der Waals surface area (Å²) in [6, 6.07) is 8.64. The molecule has 2 aromatic rings. The van der Waals surface area contributed by atoms with Crippen LogP contribution in [0.3, 0.4) is 0 Å². The highest BCUT2D eigenvalue weighted by Gasteiger charge is 2.36. The van der Waals surface area contributed by atoms with Crippen LogP contribution in [0.1, 0.15) is 19.3 Å². The Morgan fingerprint density at radius 2 is 2.20 bits per heavy atom. The van der Waals surface area contributed by atoms with E-state index in [1.807, 2.05) is 18.3 Å². The molecule has 0 bridgehead atoms. The van der Waals surface area contributed by atoms with Gasteiger partial charge in [-0.1, -0.05) is 0 Å². The largest absolute Gasteiger partial charge is 0.399 e. The van der Waals surface area contributed by atoms with Gasteiger partial charge in [0, 0.05) is 29.5 Å². The number of ether oxygens (including phenoxy) is 1. The second kappa shape index (κ2) is 4.63. The molecule has 2 N–H and O–H groups in total. The summed E-state index contributed by atoms with van der Waals surface area (Å²) in [5.74, 6) is 0. The molecule has 4 heteroatoms. The summed E-state index contributed by atoms with van der Waals surface area (Å²) in [5.41, 5.74) is 8.88. The monoisotopic (exact) mass is 269 g/mol. The molecule has 1 aromatic carbocycles. The standard InChI is InChI=1S/C16H19N3O/c17-11-4-5-12-13(10-11)18-7-6-14(12)19-8-9-20-16-3-1-2-15(16)19/h4-7,10,15-16H,1-3,8-9,17H2. The van der Waals surface area contributed by atoms with Crippen LogP contribution in [0.15, 0.2) is 30.5 Å². The van der Waals surface area contributed by atoms with Crippen LogP contribution >= 0.6 is 0 Å². The molecule has 4 nitrogen and oxygen atoms in total. The molecule has 4 rings (SSSR count). The summed E-state index contributed by atoms with van der Waals surface area (Å²) in [5, 5.41) is 1.19. The fourth-order valence-corrected chi connectivity index (χ4v) is 3.63. The van der Waals surface area contributed by atoms with Gasteiger partial charge in [0.15, 0.2) is 0 Å². The number of rotatable bonds is 1. The van der Waals surface area contributed by atoms with Crippen LogP contribution in [0.5, 0.6) is 0 Å². The van der Waals surface area contributed by atoms with Crippen LogP contribution in [0.2, 0.25) is 0 Å². The minimum absolute atomic E-state index is 0.403. The second-order valence-electron chi connectivity index (χ2n) is 5.71. The number of pyridine rings is 1. The van der Waals surface area contributed by atoms with Gasteiger partial charge in [0.05, 0.1) is 24.3 Å². The third-order valence-corrected chi connectivity index (χ3v) is 4.54. The number of nitrogens with two attached hydrogens (primary N) is 1. The smallest absolute Gasteiger partial charge is 0.0779 e. The molecule has 2 atom stereocenters. The summed E-state index contributed by atoms with van der Waals surface area (Å²) in [6.07, 6.45) is 5.97. The number of aromatic nitrogens is 1. The average molecular weight is 269 g/mol. The van der Waals surface area contributed by atoms with E-state index in [2.05, 4.69) is 22.0 Å². The number of hydrogen-bond acceptors (Lipinski definition) is 4. The molecular formula is C16H19N3O. The number of morpholine rings is 1. The highest BCUT2D eigenvalue weighted by molar-refractivity contribution is 5.93. The van der Waals surface area contributed by atoms with Crippen molar-refractivity contribution in [1.82, 2.24) is 4.98 Å². The van der Waals surface area contributed by atoms with Crippen molar-refractivity contribution in [2.45, 2.75) is 31.4 Å². The zero-order valence-corrected chi connectivity index (χ0v) is 11.5. The lowest BCUT2D eigenvalue weighted by Gasteiger charge is -2.39. The van der Waals surface area contributed by atoms with E-state index in [1.54, 1.807) is 0 Å². The minimum atomic E-state index is 0.403. The third kappa shape index (κ3) is 1.83. The first kappa shape index (κ1) is 12.0. The van der Waals surface area contributed by atoms with E-state index in [0.29, 0.717) is 12.1 Å². The number of nitrogen functional groups attached to an aromatic ring is 1. The summed E-state index contributed by atoms with van der Waals surface area (Å²) in [6.45, 7) is 1.78. The van der Waals surface area contributed by atoms with Crippen LogP contribution in [0.4, 0.5) is 11.4 Å². The van der Waals surface area contributed by atoms with E-state index in [9.17, 15) is 0 Å². The quantitative estimate of drug-likeness (QED) is 0.808. The third-order valence-electron chi connectivity index (χ3n) is 4.54. The van der Waals surface area contributed by atoms with Crippen molar-refractivity contribution in [3.05, 3.63) is 30.5 Å². The van der Waals surface area contributed by atoms with Crippen molar-refractivity contribution in [1.29, 1.82) is 0 Å². The topological polar surface area (TPSA) is 51.4 Å². The van der Waals surface area contributed by atoms with Gasteiger partial charge in [0.25, 0.3) is 0 Å². The zero-order chi connectivity index (χ0) is 13.5. The number of nitrogens with zero attached hydrogens (tertiary/aromatic N) is 2. The van der Waals surface area contributed by atoms with Gasteiger partial charge in [-0.15, -0.1) is 0 Å². The van der Waals surface area contributed by atoms with Crippen molar-refractivity contribution in [2.24, 2.45) is 0 Å². The van der Waals surface area contributed by atoms with E-state index in [4.69, 9.17) is 10.5 Å². The van der Waals surface area contributed by atoms with Gasteiger partial charge in [-0.25, -0.2) is 0 Å². The summed E-state index contributed by atoms with van der Waals surface area (Å²) in [7, 11) is 0. The lowest BCUT2D eigenvalue weighted by Crippen LogP contribution is -2.48. The Balaban J connectivity index is 1.81. The molecule has 0 radical (unpaired) electrons. The molecule has 1 saturated carbocycles. The van der Waals surface area contributed by atoms with E-state index in [0.717, 1.165) is 24.4 Å². The first-order valence-electron chi connectivity index (χ1n) is 7.35. The first-order chi connectivity index (χ1) is 9.83. The molecular weight excluding hydrogens is 250 g/mol. The van der Waals surface area contributed by atoms with Crippen LogP contribution in [-0.4, -0.2) is 30.3 Å². The molecule has 2 unspecified atom stereocenters. The molecule has 2 heterocycles. The maximum absolute atomic E-state index is 5.91.